The summed E-state index contributed by atoms with van der Waals surface area (Å²) in [5, 5.41) is 0. The summed E-state index contributed by atoms with van der Waals surface area (Å²) in [6.07, 6.45) is 2.18. The number of hydrogen-bond donors (Lipinski definition) is 0. The Hall–Kier alpha value is -0.0800. The third kappa shape index (κ3) is 1.09. The van der Waals surface area contributed by atoms with Gasteiger partial charge in [-0.05, 0) is 33.2 Å². The molecule has 2 rings (SSSR count). The monoisotopic (exact) mass is 154 g/mol. The van der Waals surface area contributed by atoms with Crippen molar-refractivity contribution in [2.75, 3.05) is 20.1 Å². The highest BCUT2D eigenvalue weighted by atomic mass is 15.4. The topological polar surface area (TPSA) is 6.48 Å². The Kier molecular flexibility index (Phi) is 1.69. The molecule has 0 aliphatic carbocycles. The van der Waals surface area contributed by atoms with Crippen molar-refractivity contribution in [1.82, 2.24) is 9.80 Å². The van der Waals surface area contributed by atoms with Crippen molar-refractivity contribution in [3.63, 3.8) is 0 Å². The second-order valence-corrected chi connectivity index (χ2v) is 4.31. The average molecular weight is 154 g/mol. The lowest BCUT2D eigenvalue weighted by molar-refractivity contribution is 0.0597. The number of likely N-dealkylation sites (tertiary alicyclic amines) is 2. The standard InChI is InChI=1S/C9H18N2/c1-7(2)11-6-8-4-9(11)10(3)5-8/h7-9H,4-6H2,1-3H3. The Morgan fingerprint density at radius 1 is 1.27 bits per heavy atom. The highest BCUT2D eigenvalue weighted by molar-refractivity contribution is 4.93. The fourth-order valence-electron chi connectivity index (χ4n) is 2.58. The van der Waals surface area contributed by atoms with Gasteiger partial charge in [0.15, 0.2) is 0 Å². The lowest BCUT2D eigenvalue weighted by atomic mass is 10.1. The molecule has 0 radical (unpaired) electrons. The molecule has 2 fully saturated rings. The van der Waals surface area contributed by atoms with Crippen LogP contribution in [0.1, 0.15) is 20.3 Å². The first-order valence-corrected chi connectivity index (χ1v) is 4.64. The van der Waals surface area contributed by atoms with Crippen LogP contribution in [-0.2, 0) is 0 Å². The van der Waals surface area contributed by atoms with E-state index in [0.29, 0.717) is 0 Å². The van der Waals surface area contributed by atoms with Gasteiger partial charge in [-0.2, -0.15) is 0 Å². The summed E-state index contributed by atoms with van der Waals surface area (Å²) in [5.41, 5.74) is 0. The second kappa shape index (κ2) is 2.46. The van der Waals surface area contributed by atoms with Gasteiger partial charge in [-0.1, -0.05) is 0 Å². The molecule has 0 aromatic rings. The highest BCUT2D eigenvalue weighted by Gasteiger charge is 2.42. The molecule has 0 spiro atoms. The normalized spacial score (nSPS) is 39.3. The minimum Gasteiger partial charge on any atom is -0.291 e. The van der Waals surface area contributed by atoms with E-state index in [0.717, 1.165) is 18.1 Å². The van der Waals surface area contributed by atoms with E-state index in [9.17, 15) is 0 Å². The van der Waals surface area contributed by atoms with Crippen LogP contribution in [0.5, 0.6) is 0 Å². The molecule has 2 bridgehead atoms. The number of rotatable bonds is 1. The zero-order valence-electron chi connectivity index (χ0n) is 7.75. The van der Waals surface area contributed by atoms with E-state index < -0.39 is 0 Å². The summed E-state index contributed by atoms with van der Waals surface area (Å²) in [6.45, 7) is 7.27. The van der Waals surface area contributed by atoms with Gasteiger partial charge in [0, 0.05) is 19.1 Å². The molecule has 0 amide bonds. The van der Waals surface area contributed by atoms with Gasteiger partial charge in [-0.15, -0.1) is 0 Å². The first-order chi connectivity index (χ1) is 5.18. The van der Waals surface area contributed by atoms with Crippen molar-refractivity contribution >= 4 is 0 Å². The van der Waals surface area contributed by atoms with Gasteiger partial charge in [0.25, 0.3) is 0 Å². The van der Waals surface area contributed by atoms with Crippen LogP contribution >= 0.6 is 0 Å². The quantitative estimate of drug-likeness (QED) is 0.555. The molecule has 2 nitrogen and oxygen atoms in total. The van der Waals surface area contributed by atoms with Crippen LogP contribution < -0.4 is 0 Å². The van der Waals surface area contributed by atoms with Crippen LogP contribution in [0.2, 0.25) is 0 Å². The highest BCUT2D eigenvalue weighted by Crippen LogP contribution is 2.33. The van der Waals surface area contributed by atoms with Gasteiger partial charge in [-0.25, -0.2) is 0 Å². The molecular weight excluding hydrogens is 136 g/mol. The Balaban J connectivity index is 2.06. The molecule has 2 unspecified atom stereocenters. The van der Waals surface area contributed by atoms with E-state index in [1.54, 1.807) is 0 Å². The maximum atomic E-state index is 2.62. The summed E-state index contributed by atoms with van der Waals surface area (Å²) in [6, 6.07) is 0.729. The second-order valence-electron chi connectivity index (χ2n) is 4.31. The van der Waals surface area contributed by atoms with Gasteiger partial charge in [-0.3, -0.25) is 9.80 Å². The predicted molar refractivity (Wildman–Crippen MR) is 46.4 cm³/mol. The fraction of sp³-hybridized carbons (Fsp3) is 1.00. The van der Waals surface area contributed by atoms with E-state index in [4.69, 9.17) is 0 Å². The van der Waals surface area contributed by atoms with E-state index >= 15 is 0 Å². The molecule has 2 aliphatic heterocycles. The number of nitrogens with zero attached hydrogens (tertiary/aromatic N) is 2. The van der Waals surface area contributed by atoms with Crippen molar-refractivity contribution in [1.29, 1.82) is 0 Å². The van der Waals surface area contributed by atoms with Crippen LogP contribution in [0, 0.1) is 5.92 Å². The maximum Gasteiger partial charge on any atom is 0.0625 e. The van der Waals surface area contributed by atoms with Crippen LogP contribution in [0.4, 0.5) is 0 Å². The third-order valence-electron chi connectivity index (χ3n) is 3.11. The van der Waals surface area contributed by atoms with Gasteiger partial charge in [0.1, 0.15) is 0 Å². The molecule has 2 atom stereocenters. The van der Waals surface area contributed by atoms with Gasteiger partial charge in [0.2, 0.25) is 0 Å². The third-order valence-corrected chi connectivity index (χ3v) is 3.11. The molecule has 0 aromatic heterocycles. The van der Waals surface area contributed by atoms with E-state index in [1.165, 1.54) is 19.5 Å². The van der Waals surface area contributed by atoms with Crippen LogP contribution in [0.3, 0.4) is 0 Å². The minimum atomic E-state index is 0.729. The summed E-state index contributed by atoms with van der Waals surface area (Å²) in [5.74, 6) is 0.965. The van der Waals surface area contributed by atoms with Crippen molar-refractivity contribution in [2.45, 2.75) is 32.5 Å². The molecule has 2 heteroatoms. The van der Waals surface area contributed by atoms with Crippen molar-refractivity contribution < 1.29 is 0 Å². The molecule has 2 heterocycles. The first-order valence-electron chi connectivity index (χ1n) is 4.64. The van der Waals surface area contributed by atoms with Crippen molar-refractivity contribution in [3.05, 3.63) is 0 Å². The smallest absolute Gasteiger partial charge is 0.0625 e. The molecule has 0 saturated carbocycles. The Morgan fingerprint density at radius 3 is 2.36 bits per heavy atom. The van der Waals surface area contributed by atoms with E-state index in [-0.39, 0.29) is 0 Å². The number of fused-ring (bicyclic) bond motifs is 2. The lowest BCUT2D eigenvalue weighted by Gasteiger charge is -2.36. The SMILES string of the molecule is CC(C)N1CC2CC1N(C)C2. The largest absolute Gasteiger partial charge is 0.291 e. The first kappa shape index (κ1) is 7.56. The molecule has 0 aromatic carbocycles. The zero-order chi connectivity index (χ0) is 8.01. The Bertz CT molecular complexity index is 156. The summed E-state index contributed by atoms with van der Waals surface area (Å²) >= 11 is 0. The molecule has 2 aliphatic rings. The van der Waals surface area contributed by atoms with Crippen LogP contribution in [0.25, 0.3) is 0 Å². The van der Waals surface area contributed by atoms with Crippen LogP contribution in [0.15, 0.2) is 0 Å². The summed E-state index contributed by atoms with van der Waals surface area (Å²) in [4.78, 5) is 5.11. The lowest BCUT2D eigenvalue weighted by Crippen LogP contribution is -2.48. The molecule has 2 saturated heterocycles. The van der Waals surface area contributed by atoms with Gasteiger partial charge < -0.3 is 0 Å². The molecule has 0 N–H and O–H groups in total. The van der Waals surface area contributed by atoms with Crippen LogP contribution in [-0.4, -0.2) is 42.1 Å². The molecule has 64 valence electrons. The maximum absolute atomic E-state index is 2.62. The summed E-state index contributed by atoms with van der Waals surface area (Å²) < 4.78 is 0. The van der Waals surface area contributed by atoms with E-state index in [1.807, 2.05) is 0 Å². The van der Waals surface area contributed by atoms with Gasteiger partial charge in [0.05, 0.1) is 6.17 Å². The average Bonchev–Trinajstić information content (AvgIpc) is 2.43. The fourth-order valence-corrected chi connectivity index (χ4v) is 2.58. The van der Waals surface area contributed by atoms with Crippen molar-refractivity contribution in [2.24, 2.45) is 5.92 Å². The zero-order valence-corrected chi connectivity index (χ0v) is 7.75. The molecule has 11 heavy (non-hydrogen) atoms. The van der Waals surface area contributed by atoms with Gasteiger partial charge >= 0.3 is 0 Å². The Labute approximate surface area is 69.2 Å². The molecular formula is C9H18N2. The van der Waals surface area contributed by atoms with E-state index in [2.05, 4.69) is 30.7 Å². The Morgan fingerprint density at radius 2 is 2.00 bits per heavy atom. The van der Waals surface area contributed by atoms with Crippen molar-refractivity contribution in [3.8, 4) is 0 Å². The minimum absolute atomic E-state index is 0.729. The number of hydrogen-bond acceptors (Lipinski definition) is 2. The summed E-state index contributed by atoms with van der Waals surface area (Å²) in [7, 11) is 2.25. The predicted octanol–water partition coefficient (Wildman–Crippen LogP) is 0.988.